The lowest BCUT2D eigenvalue weighted by Gasteiger charge is -2.06. The Morgan fingerprint density at radius 1 is 1.05 bits per heavy atom. The van der Waals surface area contributed by atoms with E-state index in [2.05, 4.69) is 17.9 Å². The summed E-state index contributed by atoms with van der Waals surface area (Å²) >= 11 is 15.9. The first kappa shape index (κ1) is 14.3. The van der Waals surface area contributed by atoms with Gasteiger partial charge in [-0.2, -0.15) is 0 Å². The second-order valence-electron chi connectivity index (χ2n) is 4.02. The molecule has 0 spiro atoms. The summed E-state index contributed by atoms with van der Waals surface area (Å²) < 4.78 is 0. The zero-order chi connectivity index (χ0) is 13.8. The van der Waals surface area contributed by atoms with E-state index >= 15 is 0 Å². The minimum Gasteiger partial charge on any atom is -0.326 e. The third-order valence-corrected chi connectivity index (χ3v) is 3.54. The lowest BCUT2D eigenvalue weighted by atomic mass is 10.1. The van der Waals surface area contributed by atoms with E-state index in [0.717, 1.165) is 10.5 Å². The van der Waals surface area contributed by atoms with Crippen LogP contribution in [0.3, 0.4) is 0 Å². The number of halogens is 2. The zero-order valence-electron chi connectivity index (χ0n) is 9.86. The molecular weight excluding hydrogens is 301 g/mol. The molecule has 0 aromatic heterocycles. The molecule has 0 unspecified atom stereocenters. The average molecular weight is 312 g/mol. The molecule has 2 aromatic rings. The van der Waals surface area contributed by atoms with Crippen molar-refractivity contribution in [2.75, 3.05) is 5.32 Å². The predicted octanol–water partition coefficient (Wildman–Crippen LogP) is 4.46. The van der Waals surface area contributed by atoms with Gasteiger partial charge in [-0.25, -0.2) is 0 Å². The molecule has 19 heavy (non-hydrogen) atoms. The van der Waals surface area contributed by atoms with Crippen molar-refractivity contribution in [1.82, 2.24) is 0 Å². The van der Waals surface area contributed by atoms with Gasteiger partial charge in [0.1, 0.15) is 0 Å². The van der Waals surface area contributed by atoms with Crippen LogP contribution in [0.15, 0.2) is 47.4 Å². The molecule has 0 bridgehead atoms. The third kappa shape index (κ3) is 4.16. The molecule has 2 rings (SSSR count). The summed E-state index contributed by atoms with van der Waals surface area (Å²) in [6.07, 6.45) is 0.300. The fraction of sp³-hybridized carbons (Fsp3) is 0.0714. The molecule has 1 N–H and O–H groups in total. The minimum absolute atomic E-state index is 0.106. The Bertz CT molecular complexity index is 599. The molecule has 0 saturated carbocycles. The lowest BCUT2D eigenvalue weighted by molar-refractivity contribution is -0.115. The van der Waals surface area contributed by atoms with Crippen LogP contribution in [0.2, 0.25) is 10.0 Å². The topological polar surface area (TPSA) is 29.1 Å². The number of thiol groups is 1. The largest absolute Gasteiger partial charge is 0.326 e. The molecule has 0 aliphatic heterocycles. The number of nitrogens with one attached hydrogen (secondary N) is 1. The standard InChI is InChI=1S/C14H11Cl2NOS/c15-12-6-3-10(8-13(12)16)17-14(18)7-9-1-4-11(19)5-2-9/h1-6,8,19H,7H2,(H,17,18). The molecule has 0 heterocycles. The number of benzene rings is 2. The maximum Gasteiger partial charge on any atom is 0.228 e. The van der Waals surface area contributed by atoms with E-state index in [4.69, 9.17) is 23.2 Å². The van der Waals surface area contributed by atoms with Crippen LogP contribution in [0.5, 0.6) is 0 Å². The van der Waals surface area contributed by atoms with Crippen molar-refractivity contribution < 1.29 is 4.79 Å². The third-order valence-electron chi connectivity index (χ3n) is 2.50. The number of carbonyl (C=O) groups is 1. The zero-order valence-corrected chi connectivity index (χ0v) is 12.3. The molecule has 0 aliphatic carbocycles. The molecule has 0 radical (unpaired) electrons. The number of amides is 1. The van der Waals surface area contributed by atoms with Gasteiger partial charge in [0, 0.05) is 10.6 Å². The number of hydrogen-bond acceptors (Lipinski definition) is 2. The highest BCUT2D eigenvalue weighted by molar-refractivity contribution is 7.80. The van der Waals surface area contributed by atoms with Crippen LogP contribution in [-0.4, -0.2) is 5.91 Å². The molecule has 0 aliphatic rings. The molecule has 98 valence electrons. The van der Waals surface area contributed by atoms with Gasteiger partial charge in [0.05, 0.1) is 16.5 Å². The summed E-state index contributed by atoms with van der Waals surface area (Å²) in [6.45, 7) is 0. The van der Waals surface area contributed by atoms with Crippen LogP contribution in [0.1, 0.15) is 5.56 Å². The van der Waals surface area contributed by atoms with Crippen molar-refractivity contribution in [3.05, 3.63) is 58.1 Å². The smallest absolute Gasteiger partial charge is 0.228 e. The van der Waals surface area contributed by atoms with Gasteiger partial charge in [0.2, 0.25) is 5.91 Å². The van der Waals surface area contributed by atoms with Gasteiger partial charge in [0.25, 0.3) is 0 Å². The van der Waals surface area contributed by atoms with Crippen molar-refractivity contribution in [3.63, 3.8) is 0 Å². The Hall–Kier alpha value is -1.16. The first-order valence-corrected chi connectivity index (χ1v) is 6.78. The van der Waals surface area contributed by atoms with E-state index in [-0.39, 0.29) is 5.91 Å². The van der Waals surface area contributed by atoms with Crippen molar-refractivity contribution in [2.45, 2.75) is 11.3 Å². The van der Waals surface area contributed by atoms with Gasteiger partial charge in [-0.3, -0.25) is 4.79 Å². The fourth-order valence-corrected chi connectivity index (χ4v) is 2.03. The Morgan fingerprint density at radius 2 is 1.74 bits per heavy atom. The first-order chi connectivity index (χ1) is 9.04. The van der Waals surface area contributed by atoms with Gasteiger partial charge in [-0.1, -0.05) is 35.3 Å². The van der Waals surface area contributed by atoms with Crippen LogP contribution >= 0.6 is 35.8 Å². The van der Waals surface area contributed by atoms with Crippen LogP contribution in [0.25, 0.3) is 0 Å². The Kier molecular flexibility index (Phi) is 4.75. The molecule has 1 amide bonds. The minimum atomic E-state index is -0.106. The van der Waals surface area contributed by atoms with Crippen LogP contribution < -0.4 is 5.32 Å². The predicted molar refractivity (Wildman–Crippen MR) is 82.5 cm³/mol. The summed E-state index contributed by atoms with van der Waals surface area (Å²) in [5, 5.41) is 3.65. The average Bonchev–Trinajstić information content (AvgIpc) is 2.37. The van der Waals surface area contributed by atoms with Crippen LogP contribution in [0, 0.1) is 0 Å². The Morgan fingerprint density at radius 3 is 2.37 bits per heavy atom. The quantitative estimate of drug-likeness (QED) is 0.805. The molecule has 0 saturated heterocycles. The molecule has 0 fully saturated rings. The maximum atomic E-state index is 11.9. The molecule has 2 aromatic carbocycles. The summed E-state index contributed by atoms with van der Waals surface area (Å²) in [4.78, 5) is 12.7. The normalized spacial score (nSPS) is 10.3. The van der Waals surface area contributed by atoms with E-state index in [1.54, 1.807) is 18.2 Å². The van der Waals surface area contributed by atoms with Gasteiger partial charge in [0.15, 0.2) is 0 Å². The van der Waals surface area contributed by atoms with E-state index in [9.17, 15) is 4.79 Å². The van der Waals surface area contributed by atoms with Crippen LogP contribution in [-0.2, 0) is 11.2 Å². The second-order valence-corrected chi connectivity index (χ2v) is 5.35. The van der Waals surface area contributed by atoms with Crippen molar-refractivity contribution in [1.29, 1.82) is 0 Å². The van der Waals surface area contributed by atoms with Crippen molar-refractivity contribution >= 4 is 47.4 Å². The van der Waals surface area contributed by atoms with Crippen molar-refractivity contribution in [3.8, 4) is 0 Å². The highest BCUT2D eigenvalue weighted by Crippen LogP contribution is 2.25. The molecular formula is C14H11Cl2NOS. The van der Waals surface area contributed by atoms with Crippen molar-refractivity contribution in [2.24, 2.45) is 0 Å². The Labute approximate surface area is 127 Å². The molecule has 0 atom stereocenters. The summed E-state index contributed by atoms with van der Waals surface area (Å²) in [7, 11) is 0. The fourth-order valence-electron chi connectivity index (χ4n) is 1.58. The van der Waals surface area contributed by atoms with Gasteiger partial charge < -0.3 is 5.32 Å². The summed E-state index contributed by atoms with van der Waals surface area (Å²) in [5.74, 6) is -0.106. The summed E-state index contributed by atoms with van der Waals surface area (Å²) in [5.41, 5.74) is 1.56. The highest BCUT2D eigenvalue weighted by atomic mass is 35.5. The first-order valence-electron chi connectivity index (χ1n) is 5.57. The monoisotopic (exact) mass is 311 g/mol. The lowest BCUT2D eigenvalue weighted by Crippen LogP contribution is -2.14. The number of hydrogen-bond donors (Lipinski definition) is 2. The Balaban J connectivity index is 2.01. The SMILES string of the molecule is O=C(Cc1ccc(S)cc1)Nc1ccc(Cl)c(Cl)c1. The van der Waals surface area contributed by atoms with E-state index in [1.165, 1.54) is 0 Å². The van der Waals surface area contributed by atoms with Gasteiger partial charge >= 0.3 is 0 Å². The molecule has 2 nitrogen and oxygen atoms in total. The van der Waals surface area contributed by atoms with Gasteiger partial charge in [-0.05, 0) is 35.9 Å². The van der Waals surface area contributed by atoms with Crippen LogP contribution in [0.4, 0.5) is 5.69 Å². The number of anilines is 1. The summed E-state index contributed by atoms with van der Waals surface area (Å²) in [6, 6.07) is 12.4. The maximum absolute atomic E-state index is 11.9. The molecule has 5 heteroatoms. The number of carbonyl (C=O) groups excluding carboxylic acids is 1. The van der Waals surface area contributed by atoms with Gasteiger partial charge in [-0.15, -0.1) is 12.6 Å². The second kappa shape index (κ2) is 6.33. The van der Waals surface area contributed by atoms with E-state index in [1.807, 2.05) is 24.3 Å². The highest BCUT2D eigenvalue weighted by Gasteiger charge is 2.05. The number of rotatable bonds is 3. The van der Waals surface area contributed by atoms with E-state index in [0.29, 0.717) is 22.2 Å². The van der Waals surface area contributed by atoms with E-state index < -0.39 is 0 Å².